The first-order chi connectivity index (χ1) is 6.60. The van der Waals surface area contributed by atoms with Gasteiger partial charge in [-0.25, -0.2) is 0 Å². The number of alkyl halides is 1. The summed E-state index contributed by atoms with van der Waals surface area (Å²) in [6.45, 7) is 0. The van der Waals surface area contributed by atoms with Crippen LogP contribution in [0.3, 0.4) is 0 Å². The molecule has 0 aromatic heterocycles. The quantitative estimate of drug-likeness (QED) is 0.683. The van der Waals surface area contributed by atoms with Crippen molar-refractivity contribution in [2.75, 3.05) is 13.0 Å². The van der Waals surface area contributed by atoms with Crippen molar-refractivity contribution in [3.63, 3.8) is 0 Å². The van der Waals surface area contributed by atoms with Gasteiger partial charge in [-0.1, -0.05) is 0 Å². The molecule has 76 valence electrons. The number of hydrogen-bond donors (Lipinski definition) is 1. The number of benzene rings is 1. The lowest BCUT2D eigenvalue weighted by Gasteiger charge is -2.07. The first-order valence-corrected chi connectivity index (χ1v) is 5.08. The fourth-order valence-corrected chi connectivity index (χ4v) is 1.51. The molecule has 0 fully saturated rings. The highest BCUT2D eigenvalue weighted by Crippen LogP contribution is 2.34. The molecule has 1 aromatic carbocycles. The third-order valence-corrected chi connectivity index (χ3v) is 2.72. The first-order valence-electron chi connectivity index (χ1n) is 3.75. The lowest BCUT2D eigenvalue weighted by molar-refractivity contribution is 0.102. The molecule has 1 rings (SSSR count). The fourth-order valence-electron chi connectivity index (χ4n) is 0.970. The van der Waals surface area contributed by atoms with Crippen LogP contribution in [0.15, 0.2) is 16.6 Å². The summed E-state index contributed by atoms with van der Waals surface area (Å²) in [5.74, 6) is -0.0198. The number of halogens is 2. The molecule has 0 amide bonds. The smallest absolute Gasteiger partial charge is 0.177 e. The lowest BCUT2D eigenvalue weighted by Crippen LogP contribution is -2.00. The number of phenolic OH excluding ortho intramolecular Hbond substituents is 1. The SMILES string of the molecule is COc1cc(C(=O)CCl)cc(O)c1Br. The second-order valence-electron chi connectivity index (χ2n) is 2.57. The van der Waals surface area contributed by atoms with Crippen molar-refractivity contribution in [1.29, 1.82) is 0 Å². The monoisotopic (exact) mass is 278 g/mol. The molecule has 1 aromatic rings. The number of ketones is 1. The summed E-state index contributed by atoms with van der Waals surface area (Å²) in [6, 6.07) is 2.87. The van der Waals surface area contributed by atoms with E-state index in [9.17, 15) is 9.90 Å². The van der Waals surface area contributed by atoms with Crippen molar-refractivity contribution in [2.45, 2.75) is 0 Å². The standard InChI is InChI=1S/C9H8BrClO3/c1-14-8-3-5(7(13)4-11)2-6(12)9(8)10/h2-3,12H,4H2,1H3. The van der Waals surface area contributed by atoms with E-state index in [0.29, 0.717) is 15.8 Å². The van der Waals surface area contributed by atoms with Gasteiger partial charge in [-0.05, 0) is 28.1 Å². The summed E-state index contributed by atoms with van der Waals surface area (Å²) in [4.78, 5) is 11.2. The Balaban J connectivity index is 3.22. The average Bonchev–Trinajstić information content (AvgIpc) is 2.20. The average molecular weight is 280 g/mol. The predicted octanol–water partition coefficient (Wildman–Crippen LogP) is 2.58. The molecule has 0 aliphatic heterocycles. The van der Waals surface area contributed by atoms with Crippen LogP contribution in [-0.4, -0.2) is 23.9 Å². The minimum Gasteiger partial charge on any atom is -0.507 e. The summed E-state index contributed by atoms with van der Waals surface area (Å²) < 4.78 is 5.38. The van der Waals surface area contributed by atoms with Gasteiger partial charge in [0.2, 0.25) is 0 Å². The highest BCUT2D eigenvalue weighted by Gasteiger charge is 2.12. The van der Waals surface area contributed by atoms with Crippen LogP contribution in [0, 0.1) is 0 Å². The van der Waals surface area contributed by atoms with Gasteiger partial charge in [-0.3, -0.25) is 4.79 Å². The largest absolute Gasteiger partial charge is 0.507 e. The molecular formula is C9H8BrClO3. The molecule has 0 atom stereocenters. The van der Waals surface area contributed by atoms with E-state index in [2.05, 4.69) is 15.9 Å². The maximum absolute atomic E-state index is 11.2. The van der Waals surface area contributed by atoms with Gasteiger partial charge in [0.25, 0.3) is 0 Å². The molecule has 5 heteroatoms. The van der Waals surface area contributed by atoms with Crippen molar-refractivity contribution in [2.24, 2.45) is 0 Å². The van der Waals surface area contributed by atoms with Crippen LogP contribution < -0.4 is 4.74 Å². The van der Waals surface area contributed by atoms with Gasteiger partial charge in [0.15, 0.2) is 5.78 Å². The van der Waals surface area contributed by atoms with E-state index in [1.54, 1.807) is 0 Å². The van der Waals surface area contributed by atoms with E-state index in [-0.39, 0.29) is 17.4 Å². The van der Waals surface area contributed by atoms with E-state index < -0.39 is 0 Å². The number of rotatable bonds is 3. The number of carbonyl (C=O) groups is 1. The molecule has 0 radical (unpaired) electrons. The molecule has 0 unspecified atom stereocenters. The molecule has 0 heterocycles. The van der Waals surface area contributed by atoms with Gasteiger partial charge in [-0.15, -0.1) is 11.6 Å². The Kier molecular flexibility index (Phi) is 3.77. The third kappa shape index (κ3) is 2.19. The second-order valence-corrected chi connectivity index (χ2v) is 3.63. The van der Waals surface area contributed by atoms with Gasteiger partial charge >= 0.3 is 0 Å². The van der Waals surface area contributed by atoms with Crippen molar-refractivity contribution >= 4 is 33.3 Å². The topological polar surface area (TPSA) is 46.5 Å². The summed E-state index contributed by atoms with van der Waals surface area (Å²) in [6.07, 6.45) is 0. The summed E-state index contributed by atoms with van der Waals surface area (Å²) in [7, 11) is 1.45. The predicted molar refractivity (Wildman–Crippen MR) is 57.4 cm³/mol. The van der Waals surface area contributed by atoms with Crippen LogP contribution in [-0.2, 0) is 0 Å². The maximum Gasteiger partial charge on any atom is 0.177 e. The Morgan fingerprint density at radius 1 is 1.64 bits per heavy atom. The number of Topliss-reactive ketones (excluding diaryl/α,β-unsaturated/α-hetero) is 1. The summed E-state index contributed by atoms with van der Waals surface area (Å²) in [5, 5.41) is 9.43. The zero-order valence-corrected chi connectivity index (χ0v) is 9.72. The second kappa shape index (κ2) is 4.66. The van der Waals surface area contributed by atoms with E-state index in [0.717, 1.165) is 0 Å². The van der Waals surface area contributed by atoms with Crippen LogP contribution in [0.2, 0.25) is 0 Å². The fraction of sp³-hybridized carbons (Fsp3) is 0.222. The van der Waals surface area contributed by atoms with Crippen molar-refractivity contribution in [1.82, 2.24) is 0 Å². The van der Waals surface area contributed by atoms with Gasteiger partial charge in [0, 0.05) is 5.56 Å². The number of ether oxygens (including phenoxy) is 1. The van der Waals surface area contributed by atoms with Crippen LogP contribution >= 0.6 is 27.5 Å². The zero-order valence-electron chi connectivity index (χ0n) is 7.38. The number of carbonyl (C=O) groups excluding carboxylic acids is 1. The zero-order chi connectivity index (χ0) is 10.7. The molecule has 0 bridgehead atoms. The minimum absolute atomic E-state index is 0.0437. The van der Waals surface area contributed by atoms with Crippen molar-refractivity contribution in [3.05, 3.63) is 22.2 Å². The highest BCUT2D eigenvalue weighted by molar-refractivity contribution is 9.10. The van der Waals surface area contributed by atoms with Crippen LogP contribution in [0.1, 0.15) is 10.4 Å². The Bertz CT molecular complexity index is 365. The number of methoxy groups -OCH3 is 1. The molecule has 0 saturated heterocycles. The molecule has 0 aliphatic rings. The molecule has 1 N–H and O–H groups in total. The molecular weight excluding hydrogens is 271 g/mol. The minimum atomic E-state index is -0.257. The number of aromatic hydroxyl groups is 1. The van der Waals surface area contributed by atoms with E-state index >= 15 is 0 Å². The molecule has 0 aliphatic carbocycles. The van der Waals surface area contributed by atoms with Crippen LogP contribution in [0.5, 0.6) is 11.5 Å². The van der Waals surface area contributed by atoms with E-state index in [1.165, 1.54) is 19.2 Å². The molecule has 0 saturated carbocycles. The number of phenols is 1. The Labute approximate surface area is 94.8 Å². The molecule has 3 nitrogen and oxygen atoms in total. The van der Waals surface area contributed by atoms with Gasteiger partial charge in [0.1, 0.15) is 16.0 Å². The Morgan fingerprint density at radius 3 is 2.79 bits per heavy atom. The maximum atomic E-state index is 11.2. The van der Waals surface area contributed by atoms with E-state index in [1.807, 2.05) is 0 Å². The van der Waals surface area contributed by atoms with E-state index in [4.69, 9.17) is 16.3 Å². The first kappa shape index (κ1) is 11.3. The van der Waals surface area contributed by atoms with Gasteiger partial charge in [0.05, 0.1) is 13.0 Å². The highest BCUT2D eigenvalue weighted by atomic mass is 79.9. The third-order valence-electron chi connectivity index (χ3n) is 1.68. The van der Waals surface area contributed by atoms with Crippen LogP contribution in [0.25, 0.3) is 0 Å². The normalized spacial score (nSPS) is 9.93. The van der Waals surface area contributed by atoms with Gasteiger partial charge in [-0.2, -0.15) is 0 Å². The van der Waals surface area contributed by atoms with Gasteiger partial charge < -0.3 is 9.84 Å². The summed E-state index contributed by atoms with van der Waals surface area (Å²) >= 11 is 8.52. The van der Waals surface area contributed by atoms with Crippen molar-refractivity contribution in [3.8, 4) is 11.5 Å². The number of hydrogen-bond acceptors (Lipinski definition) is 3. The summed E-state index contributed by atoms with van der Waals surface area (Å²) in [5.41, 5.74) is 0.331. The Hall–Kier alpha value is -0.740. The molecule has 0 spiro atoms. The lowest BCUT2D eigenvalue weighted by atomic mass is 10.1. The van der Waals surface area contributed by atoms with Crippen molar-refractivity contribution < 1.29 is 14.6 Å². The van der Waals surface area contributed by atoms with Crippen LogP contribution in [0.4, 0.5) is 0 Å². The Morgan fingerprint density at radius 2 is 2.29 bits per heavy atom. The molecule has 14 heavy (non-hydrogen) atoms.